The molecule has 2 aromatic carbocycles. The Labute approximate surface area is 291 Å². The Morgan fingerprint density at radius 2 is 1.22 bits per heavy atom. The minimum absolute atomic E-state index is 0.145. The molecule has 0 aliphatic rings. The number of carbonyl (C=O) groups is 1. The summed E-state index contributed by atoms with van der Waals surface area (Å²) in [6.45, 7) is 6.09. The summed E-state index contributed by atoms with van der Waals surface area (Å²) in [4.78, 5) is 32.0. The van der Waals surface area contributed by atoms with Gasteiger partial charge < -0.3 is 5.32 Å². The number of nitrogens with zero attached hydrogens (tertiary/aromatic N) is 9. The fourth-order valence-corrected chi connectivity index (χ4v) is 5.95. The van der Waals surface area contributed by atoms with Crippen LogP contribution in [0.15, 0.2) is 48.5 Å². The van der Waals surface area contributed by atoms with Crippen molar-refractivity contribution < 1.29 is 4.79 Å². The van der Waals surface area contributed by atoms with Crippen LogP contribution < -0.4 is 5.32 Å². The third kappa shape index (κ3) is 7.49. The first-order valence-corrected chi connectivity index (χ1v) is 16.8. The Hall–Kier alpha value is -6.43. The highest BCUT2D eigenvalue weighted by Crippen LogP contribution is 2.30. The summed E-state index contributed by atoms with van der Waals surface area (Å²) < 4.78 is 1.76. The molecular formula is C39H36N10O. The molecule has 0 saturated carbocycles. The molecule has 0 fully saturated rings. The topological polar surface area (TPSA) is 181 Å². The third-order valence-corrected chi connectivity index (χ3v) is 8.57. The highest BCUT2D eigenvalue weighted by Gasteiger charge is 2.27. The molecule has 0 aliphatic heterocycles. The first-order valence-electron chi connectivity index (χ1n) is 16.8. The van der Waals surface area contributed by atoms with Gasteiger partial charge in [-0.25, -0.2) is 19.9 Å². The second kappa shape index (κ2) is 16.1. The number of anilines is 2. The Kier molecular flexibility index (Phi) is 11.2. The molecule has 248 valence electrons. The van der Waals surface area contributed by atoms with Crippen LogP contribution in [0, 0.1) is 52.2 Å². The summed E-state index contributed by atoms with van der Waals surface area (Å²) in [6, 6.07) is 23.5. The lowest BCUT2D eigenvalue weighted by Crippen LogP contribution is -2.13. The van der Waals surface area contributed by atoms with E-state index in [9.17, 15) is 25.8 Å². The van der Waals surface area contributed by atoms with E-state index in [-0.39, 0.29) is 57.4 Å². The largest absolute Gasteiger partial charge is 0.339 e. The summed E-state index contributed by atoms with van der Waals surface area (Å²) in [5, 5.41) is 42.1. The van der Waals surface area contributed by atoms with Crippen molar-refractivity contribution in [2.75, 3.05) is 5.32 Å². The van der Waals surface area contributed by atoms with Crippen LogP contribution in [0.3, 0.4) is 0 Å². The summed E-state index contributed by atoms with van der Waals surface area (Å²) >= 11 is 0. The fraction of sp³-hybridized carbons (Fsp3) is 0.308. The molecule has 0 atom stereocenters. The van der Waals surface area contributed by atoms with E-state index in [1.165, 1.54) is 11.1 Å². The van der Waals surface area contributed by atoms with Gasteiger partial charge in [0, 0.05) is 17.1 Å². The average Bonchev–Trinajstić information content (AvgIpc) is 3.42. The van der Waals surface area contributed by atoms with Crippen LogP contribution >= 0.6 is 0 Å². The molecule has 50 heavy (non-hydrogen) atoms. The Morgan fingerprint density at radius 1 is 0.700 bits per heavy atom. The number of Topliss-reactive ketones (excluding diaryl/α,β-unsaturated/α-hetero) is 1. The number of benzene rings is 2. The van der Waals surface area contributed by atoms with Crippen molar-refractivity contribution in [1.29, 1.82) is 21.0 Å². The van der Waals surface area contributed by atoms with Gasteiger partial charge in [-0.3, -0.25) is 9.36 Å². The normalized spacial score (nSPS) is 10.6. The van der Waals surface area contributed by atoms with Crippen molar-refractivity contribution in [3.8, 4) is 30.0 Å². The van der Waals surface area contributed by atoms with E-state index < -0.39 is 5.78 Å². The van der Waals surface area contributed by atoms with Crippen LogP contribution in [-0.2, 0) is 19.3 Å². The molecule has 0 bridgehead atoms. The first kappa shape index (κ1) is 34.9. The van der Waals surface area contributed by atoms with E-state index in [2.05, 4.69) is 39.1 Å². The van der Waals surface area contributed by atoms with E-state index in [0.29, 0.717) is 11.4 Å². The number of nitriles is 4. The molecule has 11 heteroatoms. The molecule has 5 aromatic rings. The van der Waals surface area contributed by atoms with Crippen LogP contribution in [0.25, 0.3) is 16.9 Å². The number of rotatable bonds is 14. The lowest BCUT2D eigenvalue weighted by atomic mass is 10.0. The Balaban J connectivity index is 1.57. The monoisotopic (exact) mass is 660 g/mol. The smallest absolute Gasteiger partial charge is 0.179 e. The van der Waals surface area contributed by atoms with Crippen molar-refractivity contribution in [2.24, 2.45) is 0 Å². The highest BCUT2D eigenvalue weighted by atomic mass is 16.1. The van der Waals surface area contributed by atoms with Crippen molar-refractivity contribution in [2.45, 2.75) is 78.6 Å². The molecule has 1 N–H and O–H groups in total. The molecule has 5 rings (SSSR count). The standard InChI is InChI=1S/C39H36N10O/c1-4-6-8-10-26-12-16-28(17-13-26)44-38-30(45-31(21-40)33(23-42)47-38)20-35(50)36-25(3)49(29-18-14-27(15-19-29)11-9-7-5-2)39-37(36)46-32(22-41)34(24-43)48-39/h12-19H,4-11,20H2,1-3H3,(H,44,47). The fourth-order valence-electron chi connectivity index (χ4n) is 5.95. The maximum atomic E-state index is 14.3. The van der Waals surface area contributed by atoms with Crippen molar-refractivity contribution in [3.05, 3.63) is 99.4 Å². The number of hydrogen-bond acceptors (Lipinski definition) is 10. The number of ketones is 1. The van der Waals surface area contributed by atoms with Gasteiger partial charge in [0.25, 0.3) is 0 Å². The number of carbonyl (C=O) groups excluding carboxylic acids is 1. The van der Waals surface area contributed by atoms with Crippen LogP contribution in [0.1, 0.15) is 108 Å². The van der Waals surface area contributed by atoms with Gasteiger partial charge in [0.1, 0.15) is 29.8 Å². The van der Waals surface area contributed by atoms with E-state index in [1.807, 2.05) is 72.8 Å². The van der Waals surface area contributed by atoms with Gasteiger partial charge in [0.2, 0.25) is 0 Å². The molecule has 0 spiro atoms. The predicted molar refractivity (Wildman–Crippen MR) is 189 cm³/mol. The van der Waals surface area contributed by atoms with E-state index in [4.69, 9.17) is 0 Å². The summed E-state index contributed by atoms with van der Waals surface area (Å²) in [5.74, 6) is -0.245. The summed E-state index contributed by atoms with van der Waals surface area (Å²) in [6.07, 6.45) is 8.36. The Bertz CT molecular complexity index is 2210. The lowest BCUT2D eigenvalue weighted by Gasteiger charge is -2.12. The second-order valence-electron chi connectivity index (χ2n) is 12.1. The molecule has 0 unspecified atom stereocenters. The summed E-state index contributed by atoms with van der Waals surface area (Å²) in [5.41, 5.74) is 4.39. The van der Waals surface area contributed by atoms with Gasteiger partial charge in [-0.2, -0.15) is 21.0 Å². The molecule has 0 saturated heterocycles. The maximum absolute atomic E-state index is 14.3. The number of fused-ring (bicyclic) bond motifs is 1. The van der Waals surface area contributed by atoms with E-state index in [1.54, 1.807) is 11.5 Å². The lowest BCUT2D eigenvalue weighted by molar-refractivity contribution is 0.0992. The van der Waals surface area contributed by atoms with Gasteiger partial charge >= 0.3 is 0 Å². The zero-order valence-electron chi connectivity index (χ0n) is 28.4. The summed E-state index contributed by atoms with van der Waals surface area (Å²) in [7, 11) is 0. The van der Waals surface area contributed by atoms with Crippen molar-refractivity contribution >= 4 is 28.5 Å². The zero-order valence-corrected chi connectivity index (χ0v) is 28.4. The quantitative estimate of drug-likeness (QED) is 0.0918. The third-order valence-electron chi connectivity index (χ3n) is 8.57. The molecule has 0 aliphatic carbocycles. The zero-order chi connectivity index (χ0) is 35.6. The van der Waals surface area contributed by atoms with Gasteiger partial charge in [0.05, 0.1) is 17.7 Å². The molecular weight excluding hydrogens is 624 g/mol. The van der Waals surface area contributed by atoms with E-state index >= 15 is 0 Å². The van der Waals surface area contributed by atoms with Gasteiger partial charge in [-0.15, -0.1) is 0 Å². The average molecular weight is 661 g/mol. The van der Waals surface area contributed by atoms with Gasteiger partial charge in [0.15, 0.2) is 40.0 Å². The minimum Gasteiger partial charge on any atom is -0.339 e. The number of nitrogens with one attached hydrogen (secondary N) is 1. The van der Waals surface area contributed by atoms with Gasteiger partial charge in [-0.05, 0) is 68.0 Å². The van der Waals surface area contributed by atoms with Crippen molar-refractivity contribution in [3.63, 3.8) is 0 Å². The van der Waals surface area contributed by atoms with Crippen molar-refractivity contribution in [1.82, 2.24) is 24.5 Å². The van der Waals surface area contributed by atoms with E-state index in [0.717, 1.165) is 57.1 Å². The second-order valence-corrected chi connectivity index (χ2v) is 12.1. The molecule has 3 aromatic heterocycles. The first-order chi connectivity index (χ1) is 24.3. The predicted octanol–water partition coefficient (Wildman–Crippen LogP) is 7.64. The molecule has 0 amide bonds. The number of aryl methyl sites for hydroxylation is 2. The SMILES string of the molecule is CCCCCc1ccc(Nc2nc(C#N)c(C#N)nc2CC(=O)c2c(C)n(-c3ccc(CCCCC)cc3)c3nc(C#N)c(C#N)nc23)cc1. The maximum Gasteiger partial charge on any atom is 0.179 e. The van der Waals surface area contributed by atoms with Crippen LogP contribution in [0.2, 0.25) is 0 Å². The number of hydrogen-bond donors (Lipinski definition) is 1. The number of unbranched alkanes of at least 4 members (excludes halogenated alkanes) is 4. The van der Waals surface area contributed by atoms with Crippen LogP contribution in [0.4, 0.5) is 11.5 Å². The molecule has 3 heterocycles. The van der Waals surface area contributed by atoms with Crippen LogP contribution in [0.5, 0.6) is 0 Å². The Morgan fingerprint density at radius 3 is 1.78 bits per heavy atom. The van der Waals surface area contributed by atoms with Crippen LogP contribution in [-0.4, -0.2) is 30.3 Å². The van der Waals surface area contributed by atoms with Gasteiger partial charge in [-0.1, -0.05) is 63.8 Å². The highest BCUT2D eigenvalue weighted by molar-refractivity contribution is 6.09. The minimum atomic E-state index is -0.414. The molecule has 11 nitrogen and oxygen atoms in total. The number of aromatic nitrogens is 5. The molecule has 0 radical (unpaired) electrons.